The van der Waals surface area contributed by atoms with Crippen LogP contribution in [0.4, 0.5) is 0 Å². The molecule has 0 fully saturated rings. The lowest BCUT2D eigenvalue weighted by atomic mass is 9.75. The number of dihydropyridines is 1. The Hall–Kier alpha value is -2.43. The number of hydrogen-bond acceptors (Lipinski definition) is 5. The fourth-order valence-electron chi connectivity index (χ4n) is 3.52. The SMILES string of the molecule is CCCCOC(=O)C1=C(C)NC2=C(C(=O)CCC2)[C@@H]1c1cccnc1. The lowest BCUT2D eigenvalue weighted by Crippen LogP contribution is -2.34. The van der Waals surface area contributed by atoms with Crippen LogP contribution in [0, 0.1) is 0 Å². The van der Waals surface area contributed by atoms with Gasteiger partial charge in [0, 0.05) is 41.7 Å². The summed E-state index contributed by atoms with van der Waals surface area (Å²) in [6.45, 7) is 4.32. The molecular weight excluding hydrogens is 316 g/mol. The number of ether oxygens (including phenoxy) is 1. The van der Waals surface area contributed by atoms with Crippen molar-refractivity contribution in [2.75, 3.05) is 6.61 Å². The third kappa shape index (κ3) is 3.50. The second-order valence-corrected chi connectivity index (χ2v) is 6.54. The van der Waals surface area contributed by atoms with Gasteiger partial charge >= 0.3 is 5.97 Å². The van der Waals surface area contributed by atoms with Crippen LogP contribution < -0.4 is 5.32 Å². The molecule has 1 aromatic heterocycles. The molecule has 5 nitrogen and oxygen atoms in total. The quantitative estimate of drug-likeness (QED) is 0.657. The van der Waals surface area contributed by atoms with Gasteiger partial charge in [0.05, 0.1) is 12.2 Å². The van der Waals surface area contributed by atoms with Crippen molar-refractivity contribution in [1.82, 2.24) is 10.3 Å². The molecule has 0 amide bonds. The number of rotatable bonds is 5. The second kappa shape index (κ2) is 7.64. The number of nitrogens with zero attached hydrogens (tertiary/aromatic N) is 1. The van der Waals surface area contributed by atoms with Crippen molar-refractivity contribution in [3.63, 3.8) is 0 Å². The standard InChI is InChI=1S/C20H24N2O3/c1-3-4-11-25-20(24)17-13(2)22-15-8-5-9-16(23)19(15)18(17)14-7-6-10-21-12-14/h6-7,10,12,18,22H,3-5,8-9,11H2,1-2H3/t18-/m1/s1. The van der Waals surface area contributed by atoms with E-state index >= 15 is 0 Å². The van der Waals surface area contributed by atoms with E-state index in [1.54, 1.807) is 12.4 Å². The van der Waals surface area contributed by atoms with E-state index in [4.69, 9.17) is 4.74 Å². The molecular formula is C20H24N2O3. The molecule has 25 heavy (non-hydrogen) atoms. The summed E-state index contributed by atoms with van der Waals surface area (Å²) in [6.07, 6.45) is 7.41. The zero-order chi connectivity index (χ0) is 17.8. The number of allylic oxidation sites excluding steroid dienone is 3. The summed E-state index contributed by atoms with van der Waals surface area (Å²) >= 11 is 0. The zero-order valence-corrected chi connectivity index (χ0v) is 14.8. The largest absolute Gasteiger partial charge is 0.462 e. The van der Waals surface area contributed by atoms with Crippen LogP contribution >= 0.6 is 0 Å². The van der Waals surface area contributed by atoms with E-state index < -0.39 is 5.92 Å². The van der Waals surface area contributed by atoms with E-state index in [0.29, 0.717) is 24.2 Å². The number of hydrogen-bond donors (Lipinski definition) is 1. The van der Waals surface area contributed by atoms with Crippen LogP contribution in [0.5, 0.6) is 0 Å². The number of carbonyl (C=O) groups is 2. The number of aromatic nitrogens is 1. The van der Waals surface area contributed by atoms with Gasteiger partial charge in [-0.3, -0.25) is 9.78 Å². The average molecular weight is 340 g/mol. The highest BCUT2D eigenvalue weighted by atomic mass is 16.5. The minimum Gasteiger partial charge on any atom is -0.462 e. The third-order valence-corrected chi connectivity index (χ3v) is 4.74. The number of nitrogens with one attached hydrogen (secondary N) is 1. The van der Waals surface area contributed by atoms with Gasteiger partial charge < -0.3 is 10.1 Å². The molecule has 1 aliphatic heterocycles. The normalized spacial score (nSPS) is 20.2. The summed E-state index contributed by atoms with van der Waals surface area (Å²) < 4.78 is 5.47. The van der Waals surface area contributed by atoms with Gasteiger partial charge in [-0.05, 0) is 37.8 Å². The molecule has 3 rings (SSSR count). The number of Topliss-reactive ketones (excluding diaryl/α,β-unsaturated/α-hetero) is 1. The van der Waals surface area contributed by atoms with Crippen LogP contribution in [0.3, 0.4) is 0 Å². The predicted molar refractivity (Wildman–Crippen MR) is 94.6 cm³/mol. The van der Waals surface area contributed by atoms with E-state index in [2.05, 4.69) is 17.2 Å². The van der Waals surface area contributed by atoms with E-state index in [-0.39, 0.29) is 11.8 Å². The van der Waals surface area contributed by atoms with Crippen molar-refractivity contribution in [2.24, 2.45) is 0 Å². The number of ketones is 1. The molecule has 1 aliphatic carbocycles. The first-order valence-electron chi connectivity index (χ1n) is 8.94. The molecule has 0 saturated heterocycles. The Bertz CT molecular complexity index is 735. The number of unbranched alkanes of at least 4 members (excludes halogenated alkanes) is 1. The first-order valence-corrected chi connectivity index (χ1v) is 8.94. The van der Waals surface area contributed by atoms with Gasteiger partial charge in [0.2, 0.25) is 0 Å². The fourth-order valence-corrected chi connectivity index (χ4v) is 3.52. The van der Waals surface area contributed by atoms with Crippen LogP contribution in [0.1, 0.15) is 57.4 Å². The monoisotopic (exact) mass is 340 g/mol. The molecule has 0 spiro atoms. The van der Waals surface area contributed by atoms with E-state index in [0.717, 1.165) is 42.6 Å². The average Bonchev–Trinajstić information content (AvgIpc) is 2.61. The van der Waals surface area contributed by atoms with Crippen LogP contribution in [0.2, 0.25) is 0 Å². The minimum absolute atomic E-state index is 0.106. The molecule has 0 saturated carbocycles. The molecule has 2 heterocycles. The van der Waals surface area contributed by atoms with Gasteiger partial charge in [-0.15, -0.1) is 0 Å². The summed E-state index contributed by atoms with van der Waals surface area (Å²) in [6, 6.07) is 3.75. The first-order chi connectivity index (χ1) is 12.1. The Labute approximate surface area is 148 Å². The number of pyridine rings is 1. The molecule has 0 bridgehead atoms. The smallest absolute Gasteiger partial charge is 0.336 e. The van der Waals surface area contributed by atoms with Crippen molar-refractivity contribution in [3.8, 4) is 0 Å². The summed E-state index contributed by atoms with van der Waals surface area (Å²) in [5.74, 6) is -0.641. The molecule has 1 N–H and O–H groups in total. The molecule has 0 aromatic carbocycles. The Kier molecular flexibility index (Phi) is 5.31. The van der Waals surface area contributed by atoms with E-state index in [1.165, 1.54) is 0 Å². The van der Waals surface area contributed by atoms with Crippen molar-refractivity contribution >= 4 is 11.8 Å². The second-order valence-electron chi connectivity index (χ2n) is 6.54. The van der Waals surface area contributed by atoms with E-state index in [1.807, 2.05) is 19.1 Å². The Morgan fingerprint density at radius 3 is 2.96 bits per heavy atom. The fraction of sp³-hybridized carbons (Fsp3) is 0.450. The molecule has 132 valence electrons. The Morgan fingerprint density at radius 2 is 2.24 bits per heavy atom. The van der Waals surface area contributed by atoms with Crippen LogP contribution in [0.25, 0.3) is 0 Å². The minimum atomic E-state index is -0.396. The van der Waals surface area contributed by atoms with Crippen LogP contribution in [0.15, 0.2) is 47.1 Å². The van der Waals surface area contributed by atoms with Crippen LogP contribution in [-0.2, 0) is 14.3 Å². The number of esters is 1. The van der Waals surface area contributed by atoms with Crippen molar-refractivity contribution in [3.05, 3.63) is 52.6 Å². The molecule has 1 atom stereocenters. The molecule has 0 unspecified atom stereocenters. The van der Waals surface area contributed by atoms with Gasteiger partial charge in [-0.25, -0.2) is 4.79 Å². The maximum absolute atomic E-state index is 12.8. The Balaban J connectivity index is 2.02. The van der Waals surface area contributed by atoms with Gasteiger partial charge in [0.15, 0.2) is 5.78 Å². The van der Waals surface area contributed by atoms with Crippen LogP contribution in [-0.4, -0.2) is 23.3 Å². The van der Waals surface area contributed by atoms with Crippen molar-refractivity contribution in [1.29, 1.82) is 0 Å². The Morgan fingerprint density at radius 1 is 1.40 bits per heavy atom. The highest BCUT2D eigenvalue weighted by Gasteiger charge is 2.39. The number of carbonyl (C=O) groups excluding carboxylic acids is 2. The van der Waals surface area contributed by atoms with Gasteiger partial charge in [0.25, 0.3) is 0 Å². The topological polar surface area (TPSA) is 68.3 Å². The van der Waals surface area contributed by atoms with Crippen molar-refractivity contribution in [2.45, 2.75) is 51.9 Å². The van der Waals surface area contributed by atoms with Gasteiger partial charge in [-0.2, -0.15) is 0 Å². The van der Waals surface area contributed by atoms with Crippen molar-refractivity contribution < 1.29 is 14.3 Å². The summed E-state index contributed by atoms with van der Waals surface area (Å²) in [7, 11) is 0. The molecule has 0 radical (unpaired) electrons. The highest BCUT2D eigenvalue weighted by molar-refractivity contribution is 6.03. The molecule has 1 aromatic rings. The summed E-state index contributed by atoms with van der Waals surface area (Å²) in [5, 5.41) is 3.29. The van der Waals surface area contributed by atoms with Gasteiger partial charge in [0.1, 0.15) is 0 Å². The molecule has 2 aliphatic rings. The zero-order valence-electron chi connectivity index (χ0n) is 14.8. The predicted octanol–water partition coefficient (Wildman–Crippen LogP) is 3.39. The van der Waals surface area contributed by atoms with Gasteiger partial charge in [-0.1, -0.05) is 19.4 Å². The lowest BCUT2D eigenvalue weighted by molar-refractivity contribution is -0.139. The van der Waals surface area contributed by atoms with E-state index in [9.17, 15) is 9.59 Å². The highest BCUT2D eigenvalue weighted by Crippen LogP contribution is 2.42. The lowest BCUT2D eigenvalue weighted by Gasteiger charge is -2.34. The maximum Gasteiger partial charge on any atom is 0.336 e. The maximum atomic E-state index is 12.8. The summed E-state index contributed by atoms with van der Waals surface area (Å²) in [5.41, 5.74) is 3.79. The summed E-state index contributed by atoms with van der Waals surface area (Å²) in [4.78, 5) is 29.6. The molecule has 5 heteroatoms. The first kappa shape index (κ1) is 17.4. The third-order valence-electron chi connectivity index (χ3n) is 4.74.